The molecule has 1 unspecified atom stereocenters. The second-order valence-electron chi connectivity index (χ2n) is 3.76. The zero-order valence-corrected chi connectivity index (χ0v) is 11.4. The Kier molecular flexibility index (Phi) is 3.86. The first kappa shape index (κ1) is 12.6. The molecule has 0 saturated heterocycles. The Balaban J connectivity index is 2.43. The molecule has 5 heteroatoms. The average Bonchev–Trinajstić information content (AvgIpc) is 2.93. The fourth-order valence-electron chi connectivity index (χ4n) is 1.90. The molecule has 1 N–H and O–H groups in total. The Labute approximate surface area is 110 Å². The van der Waals surface area contributed by atoms with Crippen molar-refractivity contribution in [3.8, 4) is 0 Å². The minimum atomic E-state index is -0.681. The molecule has 17 heavy (non-hydrogen) atoms. The molecule has 2 rings (SSSR count). The summed E-state index contributed by atoms with van der Waals surface area (Å²) in [4.78, 5) is 0.963. The lowest BCUT2D eigenvalue weighted by atomic mass is 10.1. The minimum Gasteiger partial charge on any atom is -0.381 e. The standard InChI is InChI=1S/C12H15ClN2OS/c1-3-8-5-6-17-12(8)11(16)10-9(13)7-14-15(10)4-2/h5-7,11,16H,3-4H2,1-2H3. The monoisotopic (exact) mass is 270 g/mol. The zero-order chi connectivity index (χ0) is 12.4. The Morgan fingerprint density at radius 1 is 1.53 bits per heavy atom. The van der Waals surface area contributed by atoms with Gasteiger partial charge in [0.1, 0.15) is 6.10 Å². The topological polar surface area (TPSA) is 38.1 Å². The van der Waals surface area contributed by atoms with Gasteiger partial charge in [-0.25, -0.2) is 0 Å². The fraction of sp³-hybridized carbons (Fsp3) is 0.417. The van der Waals surface area contributed by atoms with Crippen molar-refractivity contribution in [2.75, 3.05) is 0 Å². The van der Waals surface area contributed by atoms with Crippen molar-refractivity contribution in [2.24, 2.45) is 0 Å². The van der Waals surface area contributed by atoms with Crippen molar-refractivity contribution in [1.29, 1.82) is 0 Å². The van der Waals surface area contributed by atoms with Crippen LogP contribution < -0.4 is 0 Å². The van der Waals surface area contributed by atoms with E-state index in [0.29, 0.717) is 17.3 Å². The number of rotatable bonds is 4. The highest BCUT2D eigenvalue weighted by atomic mass is 35.5. The molecule has 2 heterocycles. The second kappa shape index (κ2) is 5.21. The summed E-state index contributed by atoms with van der Waals surface area (Å²) in [5, 5.41) is 17.1. The lowest BCUT2D eigenvalue weighted by Crippen LogP contribution is -2.09. The maximum atomic E-state index is 10.4. The SMILES string of the molecule is CCc1ccsc1C(O)c1c(Cl)cnn1CC. The van der Waals surface area contributed by atoms with Crippen molar-refractivity contribution < 1.29 is 5.11 Å². The molecule has 0 radical (unpaired) electrons. The number of aliphatic hydroxyl groups excluding tert-OH is 1. The number of hydrogen-bond donors (Lipinski definition) is 1. The number of halogens is 1. The second-order valence-corrected chi connectivity index (χ2v) is 5.11. The van der Waals surface area contributed by atoms with Crippen molar-refractivity contribution in [3.63, 3.8) is 0 Å². The number of hydrogen-bond acceptors (Lipinski definition) is 3. The van der Waals surface area contributed by atoms with E-state index in [1.165, 1.54) is 5.56 Å². The van der Waals surface area contributed by atoms with E-state index in [4.69, 9.17) is 11.6 Å². The Bertz CT molecular complexity index is 506. The Morgan fingerprint density at radius 2 is 2.29 bits per heavy atom. The van der Waals surface area contributed by atoms with Crippen LogP contribution in [0.1, 0.15) is 36.1 Å². The number of aryl methyl sites for hydroxylation is 2. The number of aromatic nitrogens is 2. The lowest BCUT2D eigenvalue weighted by Gasteiger charge is -2.13. The highest BCUT2D eigenvalue weighted by Crippen LogP contribution is 2.33. The van der Waals surface area contributed by atoms with Crippen LogP contribution in [0.3, 0.4) is 0 Å². The molecule has 0 aliphatic carbocycles. The van der Waals surface area contributed by atoms with Crippen LogP contribution in [0, 0.1) is 0 Å². The summed E-state index contributed by atoms with van der Waals surface area (Å²) < 4.78 is 1.74. The third-order valence-electron chi connectivity index (χ3n) is 2.80. The summed E-state index contributed by atoms with van der Waals surface area (Å²) in [5.74, 6) is 0. The van der Waals surface area contributed by atoms with E-state index < -0.39 is 6.10 Å². The van der Waals surface area contributed by atoms with Crippen molar-refractivity contribution in [3.05, 3.63) is 38.8 Å². The molecule has 0 saturated carbocycles. The minimum absolute atomic E-state index is 0.523. The number of aliphatic hydroxyl groups is 1. The highest BCUT2D eigenvalue weighted by Gasteiger charge is 2.22. The van der Waals surface area contributed by atoms with Crippen molar-refractivity contribution in [2.45, 2.75) is 32.9 Å². The molecule has 1 atom stereocenters. The molecule has 0 bridgehead atoms. The van der Waals surface area contributed by atoms with E-state index in [-0.39, 0.29) is 0 Å². The smallest absolute Gasteiger partial charge is 0.132 e. The van der Waals surface area contributed by atoms with Gasteiger partial charge < -0.3 is 5.11 Å². The molecule has 92 valence electrons. The third kappa shape index (κ3) is 2.25. The number of thiophene rings is 1. The van der Waals surface area contributed by atoms with Crippen molar-refractivity contribution >= 4 is 22.9 Å². The van der Waals surface area contributed by atoms with Gasteiger partial charge in [0.05, 0.1) is 16.9 Å². The van der Waals surface area contributed by atoms with E-state index >= 15 is 0 Å². The van der Waals surface area contributed by atoms with Crippen LogP contribution in [0.4, 0.5) is 0 Å². The van der Waals surface area contributed by atoms with Crippen LogP contribution in [0.25, 0.3) is 0 Å². The van der Waals surface area contributed by atoms with Crippen LogP contribution in [-0.2, 0) is 13.0 Å². The molecule has 0 aliphatic rings. The third-order valence-corrected chi connectivity index (χ3v) is 4.10. The van der Waals surface area contributed by atoms with E-state index in [0.717, 1.165) is 11.3 Å². The van der Waals surface area contributed by atoms with Gasteiger partial charge in [-0.2, -0.15) is 5.10 Å². The van der Waals surface area contributed by atoms with Crippen LogP contribution in [0.15, 0.2) is 17.6 Å². The predicted molar refractivity (Wildman–Crippen MR) is 70.7 cm³/mol. The molecule has 0 fully saturated rings. The van der Waals surface area contributed by atoms with Crippen LogP contribution in [-0.4, -0.2) is 14.9 Å². The van der Waals surface area contributed by atoms with Crippen LogP contribution >= 0.6 is 22.9 Å². The van der Waals surface area contributed by atoms with Gasteiger partial charge in [0.25, 0.3) is 0 Å². The fourth-order valence-corrected chi connectivity index (χ4v) is 3.13. The molecular formula is C12H15ClN2OS. The van der Waals surface area contributed by atoms with E-state index in [9.17, 15) is 5.11 Å². The van der Waals surface area contributed by atoms with Gasteiger partial charge in [0, 0.05) is 11.4 Å². The molecule has 2 aromatic heterocycles. The van der Waals surface area contributed by atoms with Gasteiger partial charge in [0.2, 0.25) is 0 Å². The normalized spacial score (nSPS) is 12.9. The molecular weight excluding hydrogens is 256 g/mol. The average molecular weight is 271 g/mol. The first-order valence-electron chi connectivity index (χ1n) is 5.64. The van der Waals surface area contributed by atoms with Gasteiger partial charge in [0.15, 0.2) is 0 Å². The first-order chi connectivity index (χ1) is 8.19. The van der Waals surface area contributed by atoms with Crippen LogP contribution in [0.5, 0.6) is 0 Å². The largest absolute Gasteiger partial charge is 0.381 e. The maximum absolute atomic E-state index is 10.4. The summed E-state index contributed by atoms with van der Waals surface area (Å²) in [6.07, 6.45) is 1.82. The molecule has 0 spiro atoms. The Hall–Kier alpha value is -0.840. The van der Waals surface area contributed by atoms with Crippen LogP contribution in [0.2, 0.25) is 5.02 Å². The van der Waals surface area contributed by atoms with E-state index in [1.807, 2.05) is 18.4 Å². The van der Waals surface area contributed by atoms with Gasteiger partial charge in [-0.1, -0.05) is 18.5 Å². The van der Waals surface area contributed by atoms with Gasteiger partial charge >= 0.3 is 0 Å². The predicted octanol–water partition coefficient (Wildman–Crippen LogP) is 3.26. The summed E-state index contributed by atoms with van der Waals surface area (Å²) in [5.41, 5.74) is 1.86. The number of nitrogens with zero attached hydrogens (tertiary/aromatic N) is 2. The highest BCUT2D eigenvalue weighted by molar-refractivity contribution is 7.10. The van der Waals surface area contributed by atoms with Gasteiger partial charge in [-0.15, -0.1) is 11.3 Å². The van der Waals surface area contributed by atoms with E-state index in [1.54, 1.807) is 22.2 Å². The summed E-state index contributed by atoms with van der Waals surface area (Å²) in [6.45, 7) is 4.76. The van der Waals surface area contributed by atoms with Crippen molar-refractivity contribution in [1.82, 2.24) is 9.78 Å². The molecule has 0 aliphatic heterocycles. The molecule has 0 aromatic carbocycles. The van der Waals surface area contributed by atoms with Gasteiger partial charge in [-0.05, 0) is 30.4 Å². The van der Waals surface area contributed by atoms with Gasteiger partial charge in [-0.3, -0.25) is 4.68 Å². The maximum Gasteiger partial charge on any atom is 0.132 e. The lowest BCUT2D eigenvalue weighted by molar-refractivity contribution is 0.211. The summed E-state index contributed by atoms with van der Waals surface area (Å²) in [6, 6.07) is 2.05. The zero-order valence-electron chi connectivity index (χ0n) is 9.85. The first-order valence-corrected chi connectivity index (χ1v) is 6.90. The quantitative estimate of drug-likeness (QED) is 0.926. The summed E-state index contributed by atoms with van der Waals surface area (Å²) >= 11 is 7.65. The summed E-state index contributed by atoms with van der Waals surface area (Å²) in [7, 11) is 0. The molecule has 3 nitrogen and oxygen atoms in total. The molecule has 0 amide bonds. The van der Waals surface area contributed by atoms with E-state index in [2.05, 4.69) is 12.0 Å². The molecule has 2 aromatic rings. The Morgan fingerprint density at radius 3 is 2.94 bits per heavy atom.